The van der Waals surface area contributed by atoms with Gasteiger partial charge in [0.25, 0.3) is 0 Å². The Morgan fingerprint density at radius 3 is 1.28 bits per heavy atom. The Morgan fingerprint density at radius 1 is 0.667 bits per heavy atom. The van der Waals surface area contributed by atoms with Gasteiger partial charge in [-0.15, -0.1) is 23.5 Å². The van der Waals surface area contributed by atoms with E-state index in [0.29, 0.717) is 41.8 Å². The summed E-state index contributed by atoms with van der Waals surface area (Å²) in [5, 5.41) is 3.00. The first-order chi connectivity index (χ1) is 8.54. The van der Waals surface area contributed by atoms with Crippen molar-refractivity contribution in [1.29, 1.82) is 0 Å². The van der Waals surface area contributed by atoms with Crippen LogP contribution < -0.4 is 0 Å². The molecule has 0 saturated carbocycles. The van der Waals surface area contributed by atoms with Crippen LogP contribution in [0.2, 0.25) is 20.1 Å². The Morgan fingerprint density at radius 2 is 1.00 bits per heavy atom. The molecule has 102 valence electrons. The van der Waals surface area contributed by atoms with Crippen molar-refractivity contribution in [3.63, 3.8) is 0 Å². The van der Waals surface area contributed by atoms with Crippen molar-refractivity contribution >= 4 is 95.2 Å². The number of thiol groups is 2. The van der Waals surface area contributed by atoms with E-state index in [2.05, 4.69) is 25.3 Å². The van der Waals surface area contributed by atoms with Crippen LogP contribution in [0, 0.1) is 0 Å². The number of hydrogen-bond donors (Lipinski definition) is 2. The molecule has 0 nitrogen and oxygen atoms in total. The molecular weight excluding hydrogens is 390 g/mol. The maximum absolute atomic E-state index is 6.25. The van der Waals surface area contributed by atoms with E-state index < -0.39 is 0 Å². The normalized spacial score (nSPS) is 11.0. The standard InChI is InChI=1S/C10H10Cl4S4/c11-7-5(1-17-3-15)6(2-18-4-16)8(12)10(14)9(7)13/h15-16H,1-4H2. The molecule has 0 atom stereocenters. The van der Waals surface area contributed by atoms with Crippen LogP contribution in [0.15, 0.2) is 0 Å². The van der Waals surface area contributed by atoms with Crippen molar-refractivity contribution in [3.8, 4) is 0 Å². The van der Waals surface area contributed by atoms with Crippen LogP contribution in [0.1, 0.15) is 11.1 Å². The number of halogens is 4. The monoisotopic (exact) mass is 398 g/mol. The van der Waals surface area contributed by atoms with E-state index in [-0.39, 0.29) is 0 Å². The third-order valence-corrected chi connectivity index (χ3v) is 6.47. The fourth-order valence-corrected chi connectivity index (χ4v) is 4.32. The Bertz CT molecular complexity index is 386. The van der Waals surface area contributed by atoms with Gasteiger partial charge in [0.05, 0.1) is 20.1 Å². The molecule has 0 aromatic heterocycles. The zero-order valence-corrected chi connectivity index (χ0v) is 15.5. The molecule has 0 radical (unpaired) electrons. The van der Waals surface area contributed by atoms with Crippen molar-refractivity contribution in [3.05, 3.63) is 31.2 Å². The van der Waals surface area contributed by atoms with Gasteiger partial charge in [0, 0.05) is 21.7 Å². The van der Waals surface area contributed by atoms with Crippen molar-refractivity contribution < 1.29 is 0 Å². The first-order valence-corrected chi connectivity index (χ1v) is 9.84. The third kappa shape index (κ3) is 4.39. The Balaban J connectivity index is 3.24. The number of rotatable bonds is 6. The highest BCUT2D eigenvalue weighted by atomic mass is 35.5. The van der Waals surface area contributed by atoms with Crippen LogP contribution >= 0.6 is 95.2 Å². The molecule has 0 bridgehead atoms. The van der Waals surface area contributed by atoms with Gasteiger partial charge in [-0.1, -0.05) is 46.4 Å². The van der Waals surface area contributed by atoms with Crippen molar-refractivity contribution in [2.24, 2.45) is 0 Å². The molecule has 0 N–H and O–H groups in total. The second-order valence-electron chi connectivity index (χ2n) is 3.17. The number of benzene rings is 1. The van der Waals surface area contributed by atoms with Crippen LogP contribution in [0.25, 0.3) is 0 Å². The summed E-state index contributed by atoms with van der Waals surface area (Å²) in [4.78, 5) is 0. The lowest BCUT2D eigenvalue weighted by Crippen LogP contribution is -1.97. The molecule has 0 saturated heterocycles. The van der Waals surface area contributed by atoms with Gasteiger partial charge in [-0.3, -0.25) is 0 Å². The summed E-state index contributed by atoms with van der Waals surface area (Å²) < 4.78 is 0. The first kappa shape index (κ1) is 17.8. The Hall–Kier alpha value is 1.78. The second-order valence-corrected chi connectivity index (χ2v) is 8.14. The van der Waals surface area contributed by atoms with E-state index in [4.69, 9.17) is 46.4 Å². The maximum Gasteiger partial charge on any atom is 0.0797 e. The minimum absolute atomic E-state index is 0.317. The third-order valence-electron chi connectivity index (χ3n) is 2.15. The molecule has 1 rings (SSSR count). The Kier molecular flexibility index (Phi) is 8.85. The molecule has 0 aliphatic rings. The molecule has 8 heteroatoms. The molecule has 0 heterocycles. The van der Waals surface area contributed by atoms with Crippen LogP contribution in [0.3, 0.4) is 0 Å². The summed E-state index contributed by atoms with van der Waals surface area (Å²) >= 11 is 36.3. The van der Waals surface area contributed by atoms with Crippen LogP contribution in [-0.2, 0) is 11.5 Å². The van der Waals surface area contributed by atoms with Gasteiger partial charge in [-0.2, -0.15) is 25.3 Å². The van der Waals surface area contributed by atoms with Gasteiger partial charge in [0.1, 0.15) is 0 Å². The van der Waals surface area contributed by atoms with Gasteiger partial charge in [-0.05, 0) is 11.1 Å². The maximum atomic E-state index is 6.25. The van der Waals surface area contributed by atoms with Gasteiger partial charge in [0.15, 0.2) is 0 Å². The molecule has 18 heavy (non-hydrogen) atoms. The average molecular weight is 400 g/mol. The van der Waals surface area contributed by atoms with E-state index in [0.717, 1.165) is 11.1 Å². The summed E-state index contributed by atoms with van der Waals surface area (Å²) in [6, 6.07) is 0. The summed E-state index contributed by atoms with van der Waals surface area (Å²) in [5.74, 6) is 1.42. The van der Waals surface area contributed by atoms with Crippen molar-refractivity contribution in [2.45, 2.75) is 11.5 Å². The summed E-state index contributed by atoms with van der Waals surface area (Å²) in [6.45, 7) is 0. The minimum Gasteiger partial charge on any atom is -0.168 e. The van der Waals surface area contributed by atoms with Gasteiger partial charge < -0.3 is 0 Å². The first-order valence-electron chi connectivity index (χ1n) is 4.75. The van der Waals surface area contributed by atoms with Crippen LogP contribution in [-0.4, -0.2) is 10.2 Å². The predicted octanol–water partition coefficient (Wildman–Crippen LogP) is 6.54. The summed E-state index contributed by atoms with van der Waals surface area (Å²) in [5.41, 5.74) is 1.87. The van der Waals surface area contributed by atoms with Gasteiger partial charge in [-0.25, -0.2) is 0 Å². The lowest BCUT2D eigenvalue weighted by Gasteiger charge is -2.15. The average Bonchev–Trinajstić information content (AvgIpc) is 2.38. The molecule has 0 amide bonds. The smallest absolute Gasteiger partial charge is 0.0797 e. The van der Waals surface area contributed by atoms with Gasteiger partial charge >= 0.3 is 0 Å². The largest absolute Gasteiger partial charge is 0.168 e. The molecule has 0 aliphatic heterocycles. The Labute approximate surface area is 147 Å². The van der Waals surface area contributed by atoms with Crippen molar-refractivity contribution in [2.75, 3.05) is 10.2 Å². The lowest BCUT2D eigenvalue weighted by molar-refractivity contribution is 1.28. The fraction of sp³-hybridized carbons (Fsp3) is 0.400. The number of thioether (sulfide) groups is 2. The molecule has 0 aliphatic carbocycles. The molecule has 1 aromatic carbocycles. The minimum atomic E-state index is 0.317. The van der Waals surface area contributed by atoms with E-state index in [9.17, 15) is 0 Å². The molecular formula is C10H10Cl4S4. The van der Waals surface area contributed by atoms with E-state index in [1.54, 1.807) is 23.5 Å². The lowest BCUT2D eigenvalue weighted by atomic mass is 10.1. The highest BCUT2D eigenvalue weighted by Crippen LogP contribution is 2.43. The molecule has 0 unspecified atom stereocenters. The van der Waals surface area contributed by atoms with Crippen molar-refractivity contribution in [1.82, 2.24) is 0 Å². The van der Waals surface area contributed by atoms with E-state index in [1.807, 2.05) is 0 Å². The molecule has 1 aromatic rings. The second kappa shape index (κ2) is 8.93. The van der Waals surface area contributed by atoms with Gasteiger partial charge in [0.2, 0.25) is 0 Å². The highest BCUT2D eigenvalue weighted by Gasteiger charge is 2.19. The van der Waals surface area contributed by atoms with E-state index in [1.165, 1.54) is 0 Å². The summed E-state index contributed by atoms with van der Waals surface area (Å²) in [6.07, 6.45) is 0. The molecule has 0 spiro atoms. The zero-order chi connectivity index (χ0) is 13.7. The predicted molar refractivity (Wildman–Crippen MR) is 96.8 cm³/mol. The molecule has 0 fully saturated rings. The van der Waals surface area contributed by atoms with E-state index >= 15 is 0 Å². The fourth-order valence-electron chi connectivity index (χ4n) is 1.32. The quantitative estimate of drug-likeness (QED) is 0.241. The zero-order valence-electron chi connectivity index (χ0n) is 9.05. The topological polar surface area (TPSA) is 0 Å². The van der Waals surface area contributed by atoms with Crippen LogP contribution in [0.4, 0.5) is 0 Å². The highest BCUT2D eigenvalue weighted by molar-refractivity contribution is 8.09. The number of hydrogen-bond acceptors (Lipinski definition) is 4. The summed E-state index contributed by atoms with van der Waals surface area (Å²) in [7, 11) is 0. The SMILES string of the molecule is SCSCc1c(Cl)c(Cl)c(Cl)c(Cl)c1CSCS. The van der Waals surface area contributed by atoms with Crippen LogP contribution in [0.5, 0.6) is 0 Å².